The van der Waals surface area contributed by atoms with Gasteiger partial charge in [-0.1, -0.05) is 15.9 Å². The largest absolute Gasteiger partial charge is 0.496 e. The highest BCUT2D eigenvalue weighted by Gasteiger charge is 2.12. The first-order valence-corrected chi connectivity index (χ1v) is 7.91. The molecule has 0 bridgehead atoms. The lowest BCUT2D eigenvalue weighted by Crippen LogP contribution is -2.28. The number of nitrogens with zero attached hydrogens (tertiary/aromatic N) is 1. The second-order valence-electron chi connectivity index (χ2n) is 5.04. The van der Waals surface area contributed by atoms with Crippen LogP contribution in [0.25, 0.3) is 0 Å². The molecular formula is C17H21BrN2O. The van der Waals surface area contributed by atoms with E-state index in [0.717, 1.165) is 29.5 Å². The zero-order valence-corrected chi connectivity index (χ0v) is 14.1. The van der Waals surface area contributed by atoms with E-state index in [0.29, 0.717) is 6.04 Å². The fourth-order valence-electron chi connectivity index (χ4n) is 2.41. The van der Waals surface area contributed by atoms with Crippen molar-refractivity contribution in [1.29, 1.82) is 0 Å². The number of benzene rings is 1. The second-order valence-corrected chi connectivity index (χ2v) is 5.96. The molecular weight excluding hydrogens is 328 g/mol. The van der Waals surface area contributed by atoms with Crippen molar-refractivity contribution in [3.05, 3.63) is 58.3 Å². The highest BCUT2D eigenvalue weighted by Crippen LogP contribution is 2.24. The smallest absolute Gasteiger partial charge is 0.122 e. The number of nitrogens with one attached hydrogen (secondary N) is 1. The van der Waals surface area contributed by atoms with Crippen LogP contribution in [0.3, 0.4) is 0 Å². The summed E-state index contributed by atoms with van der Waals surface area (Å²) in [6.45, 7) is 0. The van der Waals surface area contributed by atoms with Crippen molar-refractivity contribution in [2.45, 2.75) is 25.3 Å². The molecule has 1 aromatic heterocycles. The van der Waals surface area contributed by atoms with E-state index in [2.05, 4.69) is 44.4 Å². The van der Waals surface area contributed by atoms with Crippen molar-refractivity contribution >= 4 is 15.9 Å². The summed E-state index contributed by atoms with van der Waals surface area (Å²) in [4.78, 5) is 4.06. The molecule has 0 radical (unpaired) electrons. The van der Waals surface area contributed by atoms with E-state index in [-0.39, 0.29) is 0 Å². The molecule has 0 amide bonds. The van der Waals surface area contributed by atoms with Crippen LogP contribution in [0.1, 0.15) is 17.5 Å². The molecule has 0 saturated carbocycles. The third-order valence-electron chi connectivity index (χ3n) is 3.65. The Morgan fingerprint density at radius 1 is 1.24 bits per heavy atom. The van der Waals surface area contributed by atoms with E-state index in [4.69, 9.17) is 4.74 Å². The van der Waals surface area contributed by atoms with Gasteiger partial charge in [-0.3, -0.25) is 4.98 Å². The molecule has 0 aliphatic carbocycles. The summed E-state index contributed by atoms with van der Waals surface area (Å²) in [5, 5.41) is 3.41. The molecule has 21 heavy (non-hydrogen) atoms. The maximum atomic E-state index is 5.45. The van der Waals surface area contributed by atoms with E-state index in [1.165, 1.54) is 11.1 Å². The minimum Gasteiger partial charge on any atom is -0.496 e. The van der Waals surface area contributed by atoms with Gasteiger partial charge in [0, 0.05) is 22.9 Å². The molecule has 1 N–H and O–H groups in total. The summed E-state index contributed by atoms with van der Waals surface area (Å²) >= 11 is 3.53. The molecule has 4 heteroatoms. The lowest BCUT2D eigenvalue weighted by molar-refractivity contribution is 0.404. The fourth-order valence-corrected chi connectivity index (χ4v) is 2.82. The molecule has 1 atom stereocenters. The van der Waals surface area contributed by atoms with Crippen molar-refractivity contribution in [3.8, 4) is 5.75 Å². The number of rotatable bonds is 7. The normalized spacial score (nSPS) is 12.1. The number of aryl methyl sites for hydroxylation is 1. The molecule has 112 valence electrons. The van der Waals surface area contributed by atoms with E-state index >= 15 is 0 Å². The van der Waals surface area contributed by atoms with Gasteiger partial charge in [-0.05, 0) is 67.8 Å². The first-order chi connectivity index (χ1) is 10.2. The third-order valence-corrected chi connectivity index (χ3v) is 4.14. The second kappa shape index (κ2) is 8.15. The van der Waals surface area contributed by atoms with Crippen LogP contribution in [-0.2, 0) is 12.8 Å². The Balaban J connectivity index is 2.00. The molecule has 1 heterocycles. The Labute approximate surface area is 134 Å². The maximum Gasteiger partial charge on any atom is 0.122 e. The van der Waals surface area contributed by atoms with Crippen molar-refractivity contribution in [2.75, 3.05) is 14.2 Å². The van der Waals surface area contributed by atoms with E-state index in [1.54, 1.807) is 7.11 Å². The zero-order valence-electron chi connectivity index (χ0n) is 12.5. The van der Waals surface area contributed by atoms with Crippen LogP contribution in [0.4, 0.5) is 0 Å². The number of likely N-dealkylation sites (N-methyl/N-ethyl adjacent to an activating group) is 1. The average Bonchev–Trinajstić information content (AvgIpc) is 2.52. The summed E-state index contributed by atoms with van der Waals surface area (Å²) in [5.41, 5.74) is 2.55. The van der Waals surface area contributed by atoms with Gasteiger partial charge >= 0.3 is 0 Å². The molecule has 0 aliphatic rings. The number of hydrogen-bond donors (Lipinski definition) is 1. The van der Waals surface area contributed by atoms with Gasteiger partial charge in [0.25, 0.3) is 0 Å². The lowest BCUT2D eigenvalue weighted by Gasteiger charge is -2.18. The first-order valence-electron chi connectivity index (χ1n) is 7.11. The van der Waals surface area contributed by atoms with Gasteiger partial charge in [0.15, 0.2) is 0 Å². The Bertz CT molecular complexity index is 560. The average molecular weight is 349 g/mol. The third kappa shape index (κ3) is 4.83. The molecule has 1 aromatic carbocycles. The number of halogens is 1. The number of methoxy groups -OCH3 is 1. The Morgan fingerprint density at radius 2 is 2.00 bits per heavy atom. The standard InChI is InChI=1S/C17H21BrN2O/c1-19-16(5-3-13-7-9-20-10-8-13)12-14-11-15(18)4-6-17(14)21-2/h4,6-11,16,19H,3,5,12H2,1-2H3. The van der Waals surface area contributed by atoms with E-state index in [1.807, 2.05) is 31.6 Å². The predicted octanol–water partition coefficient (Wildman–Crippen LogP) is 3.62. The maximum absolute atomic E-state index is 5.45. The minimum absolute atomic E-state index is 0.418. The topological polar surface area (TPSA) is 34.2 Å². The summed E-state index contributed by atoms with van der Waals surface area (Å²) in [7, 11) is 3.74. The van der Waals surface area contributed by atoms with Crippen LogP contribution in [0.15, 0.2) is 47.2 Å². The van der Waals surface area contributed by atoms with Crippen LogP contribution >= 0.6 is 15.9 Å². The van der Waals surface area contributed by atoms with E-state index < -0.39 is 0 Å². The van der Waals surface area contributed by atoms with Gasteiger partial charge < -0.3 is 10.1 Å². The first kappa shape index (κ1) is 16.0. The van der Waals surface area contributed by atoms with Crippen molar-refractivity contribution in [1.82, 2.24) is 10.3 Å². The predicted molar refractivity (Wildman–Crippen MR) is 89.8 cm³/mol. The Morgan fingerprint density at radius 3 is 2.67 bits per heavy atom. The van der Waals surface area contributed by atoms with Gasteiger partial charge in [0.1, 0.15) is 5.75 Å². The zero-order chi connectivity index (χ0) is 15.1. The van der Waals surface area contributed by atoms with Gasteiger partial charge in [-0.2, -0.15) is 0 Å². The quantitative estimate of drug-likeness (QED) is 0.829. The summed E-state index contributed by atoms with van der Waals surface area (Å²) in [6, 6.07) is 10.7. The van der Waals surface area contributed by atoms with Crippen LogP contribution in [0.2, 0.25) is 0 Å². The molecule has 2 aromatic rings. The Kier molecular flexibility index (Phi) is 6.21. The van der Waals surface area contributed by atoms with Crippen LogP contribution < -0.4 is 10.1 Å². The van der Waals surface area contributed by atoms with E-state index in [9.17, 15) is 0 Å². The lowest BCUT2D eigenvalue weighted by atomic mass is 9.99. The van der Waals surface area contributed by atoms with Gasteiger partial charge in [-0.25, -0.2) is 0 Å². The van der Waals surface area contributed by atoms with Crippen LogP contribution in [-0.4, -0.2) is 25.2 Å². The molecule has 1 unspecified atom stereocenters. The molecule has 3 nitrogen and oxygen atoms in total. The summed E-state index contributed by atoms with van der Waals surface area (Å²) < 4.78 is 6.54. The highest BCUT2D eigenvalue weighted by molar-refractivity contribution is 9.10. The van der Waals surface area contributed by atoms with Crippen LogP contribution in [0.5, 0.6) is 5.75 Å². The highest BCUT2D eigenvalue weighted by atomic mass is 79.9. The van der Waals surface area contributed by atoms with Gasteiger partial charge in [0.2, 0.25) is 0 Å². The van der Waals surface area contributed by atoms with Gasteiger partial charge in [-0.15, -0.1) is 0 Å². The van der Waals surface area contributed by atoms with Crippen molar-refractivity contribution in [2.24, 2.45) is 0 Å². The SMILES string of the molecule is CNC(CCc1ccncc1)Cc1cc(Br)ccc1OC. The minimum atomic E-state index is 0.418. The molecule has 0 aliphatic heterocycles. The molecule has 0 fully saturated rings. The molecule has 0 spiro atoms. The van der Waals surface area contributed by atoms with Crippen LogP contribution in [0, 0.1) is 0 Å². The van der Waals surface area contributed by atoms with Crippen molar-refractivity contribution < 1.29 is 4.74 Å². The number of pyridine rings is 1. The summed E-state index contributed by atoms with van der Waals surface area (Å²) in [5.74, 6) is 0.947. The monoisotopic (exact) mass is 348 g/mol. The van der Waals surface area contributed by atoms with Crippen molar-refractivity contribution in [3.63, 3.8) is 0 Å². The van der Waals surface area contributed by atoms with Gasteiger partial charge in [0.05, 0.1) is 7.11 Å². The molecule has 2 rings (SSSR count). The summed E-state index contributed by atoms with van der Waals surface area (Å²) in [6.07, 6.45) is 6.77. The number of aromatic nitrogens is 1. The molecule has 0 saturated heterocycles. The number of ether oxygens (including phenoxy) is 1. The number of hydrogen-bond acceptors (Lipinski definition) is 3. The fraction of sp³-hybridized carbons (Fsp3) is 0.353. The Hall–Kier alpha value is -1.39.